The van der Waals surface area contributed by atoms with Gasteiger partial charge >= 0.3 is 0 Å². The Hall–Kier alpha value is -0.713. The van der Waals surface area contributed by atoms with Gasteiger partial charge < -0.3 is 5.11 Å². The van der Waals surface area contributed by atoms with Gasteiger partial charge in [-0.1, -0.05) is 55.7 Å². The molecule has 1 unspecified atom stereocenters. The third-order valence-electron chi connectivity index (χ3n) is 2.73. The van der Waals surface area contributed by atoms with Gasteiger partial charge in [-0.05, 0) is 26.3 Å². The number of rotatable bonds is 4. The fourth-order valence-electron chi connectivity index (χ4n) is 1.81. The summed E-state index contributed by atoms with van der Waals surface area (Å²) >= 11 is 0. The highest BCUT2D eigenvalue weighted by Crippen LogP contribution is 2.31. The molecule has 1 aromatic rings. The van der Waals surface area contributed by atoms with E-state index in [1.165, 1.54) is 0 Å². The maximum absolute atomic E-state index is 12.8. The van der Waals surface area contributed by atoms with Gasteiger partial charge in [0.05, 0.1) is 18.9 Å². The summed E-state index contributed by atoms with van der Waals surface area (Å²) in [6.07, 6.45) is -0.789. The zero-order chi connectivity index (χ0) is 15.6. The molecule has 0 heterocycles. The Morgan fingerprint density at radius 3 is 2.10 bits per heavy atom. The highest BCUT2D eigenvalue weighted by Gasteiger charge is 2.30. The average molecular weight is 311 g/mol. The molecule has 0 bridgehead atoms. The van der Waals surface area contributed by atoms with Crippen LogP contribution in [0, 0.1) is 0 Å². The molecule has 0 fully saturated rings. The van der Waals surface area contributed by atoms with Gasteiger partial charge in [0.2, 0.25) is 0 Å². The van der Waals surface area contributed by atoms with Crippen LogP contribution < -0.4 is 0 Å². The van der Waals surface area contributed by atoms with Crippen molar-refractivity contribution in [3.63, 3.8) is 0 Å². The first kappa shape index (κ1) is 17.3. The number of benzene rings is 1. The molecule has 0 aliphatic rings. The van der Waals surface area contributed by atoms with Gasteiger partial charge in [0.1, 0.15) is 6.10 Å². The molecule has 0 saturated carbocycles. The number of aliphatic hydroxyl groups is 1. The van der Waals surface area contributed by atoms with Gasteiger partial charge in [0.25, 0.3) is 0 Å². The Morgan fingerprint density at radius 2 is 1.70 bits per heavy atom. The van der Waals surface area contributed by atoms with Gasteiger partial charge in [-0.25, -0.2) is 0 Å². The molecule has 1 aromatic carbocycles. The monoisotopic (exact) mass is 310 g/mol. The van der Waals surface area contributed by atoms with Gasteiger partial charge in [0.15, 0.2) is 0 Å². The largest absolute Gasteiger partial charge is 0.383 e. The molecule has 0 saturated heterocycles. The molecule has 1 N–H and O–H groups in total. The Morgan fingerprint density at radius 1 is 1.20 bits per heavy atom. The van der Waals surface area contributed by atoms with E-state index in [1.807, 2.05) is 51.1 Å². The van der Waals surface area contributed by atoms with Crippen molar-refractivity contribution < 1.29 is 9.32 Å². The summed E-state index contributed by atoms with van der Waals surface area (Å²) in [4.78, 5) is 0.655. The highest BCUT2D eigenvalue weighted by molar-refractivity contribution is 7.90. The van der Waals surface area contributed by atoms with Crippen molar-refractivity contribution in [2.45, 2.75) is 51.3 Å². The maximum Gasteiger partial charge on any atom is 0.112 e. The van der Waals surface area contributed by atoms with E-state index in [0.717, 1.165) is 5.56 Å². The fraction of sp³-hybridized carbons (Fsp3) is 0.500. The molecule has 112 valence electrons. The van der Waals surface area contributed by atoms with Crippen molar-refractivity contribution in [2.24, 2.45) is 0 Å². The average Bonchev–Trinajstić information content (AvgIpc) is 2.33. The Balaban J connectivity index is 3.26. The van der Waals surface area contributed by atoms with Crippen LogP contribution in [0.2, 0.25) is 19.6 Å². The van der Waals surface area contributed by atoms with Gasteiger partial charge in [-0.3, -0.25) is 4.21 Å². The molecule has 0 amide bonds. The summed E-state index contributed by atoms with van der Waals surface area (Å²) < 4.78 is 12.4. The highest BCUT2D eigenvalue weighted by atomic mass is 32.2. The summed E-state index contributed by atoms with van der Waals surface area (Å²) in [5, 5.41) is 10.6. The molecular weight excluding hydrogens is 284 g/mol. The topological polar surface area (TPSA) is 37.3 Å². The van der Waals surface area contributed by atoms with E-state index >= 15 is 0 Å². The van der Waals surface area contributed by atoms with Crippen LogP contribution in [0.5, 0.6) is 0 Å². The predicted molar refractivity (Wildman–Crippen MR) is 90.7 cm³/mol. The Kier molecular flexibility index (Phi) is 5.52. The van der Waals surface area contributed by atoms with E-state index in [9.17, 15) is 9.32 Å². The van der Waals surface area contributed by atoms with Crippen molar-refractivity contribution in [1.82, 2.24) is 0 Å². The SMILES string of the molecule is CC(C)(C)S(=O)/C(=C/[Si](C)(C)C)[C@@H](O)c1ccccc1. The molecule has 0 aliphatic carbocycles. The molecule has 2 nitrogen and oxygen atoms in total. The van der Waals surface area contributed by atoms with Crippen molar-refractivity contribution in [2.75, 3.05) is 0 Å². The van der Waals surface area contributed by atoms with E-state index in [0.29, 0.717) is 4.91 Å². The maximum atomic E-state index is 12.8. The second-order valence-electron chi connectivity index (χ2n) is 7.11. The van der Waals surface area contributed by atoms with E-state index in [-0.39, 0.29) is 4.75 Å². The van der Waals surface area contributed by atoms with E-state index < -0.39 is 25.0 Å². The zero-order valence-corrected chi connectivity index (χ0v) is 15.1. The second kappa shape index (κ2) is 6.37. The summed E-state index contributed by atoms with van der Waals surface area (Å²) in [6, 6.07) is 9.46. The van der Waals surface area contributed by atoms with Crippen LogP contribution in [0.4, 0.5) is 0 Å². The molecular formula is C16H26O2SSi. The van der Waals surface area contributed by atoms with Gasteiger partial charge in [-0.2, -0.15) is 0 Å². The number of aliphatic hydroxyl groups excluding tert-OH is 1. The van der Waals surface area contributed by atoms with Crippen molar-refractivity contribution in [3.05, 3.63) is 46.5 Å². The molecule has 4 heteroatoms. The minimum atomic E-state index is -1.57. The second-order valence-corrected chi connectivity index (χ2v) is 14.4. The standard InChI is InChI=1S/C16H26O2SSi/c1-16(2,3)19(18)14(12-20(4,5)6)15(17)13-10-8-7-9-11-13/h7-12,15,17H,1-6H3/b14-12+/t15-,19?/m0/s1. The Bertz CT molecular complexity index is 495. The van der Waals surface area contributed by atoms with Gasteiger partial charge in [0, 0.05) is 9.65 Å². The molecule has 0 spiro atoms. The van der Waals surface area contributed by atoms with Crippen LogP contribution in [0.3, 0.4) is 0 Å². The number of hydrogen-bond acceptors (Lipinski definition) is 2. The minimum absolute atomic E-state index is 0.374. The minimum Gasteiger partial charge on any atom is -0.383 e. The lowest BCUT2D eigenvalue weighted by atomic mass is 10.1. The smallest absolute Gasteiger partial charge is 0.112 e. The van der Waals surface area contributed by atoms with Crippen molar-refractivity contribution in [3.8, 4) is 0 Å². The van der Waals surface area contributed by atoms with E-state index in [1.54, 1.807) is 0 Å². The Labute approximate surface area is 126 Å². The summed E-state index contributed by atoms with van der Waals surface area (Å²) in [7, 11) is -2.78. The third-order valence-corrected chi connectivity index (χ3v) is 6.00. The number of hydrogen-bond donors (Lipinski definition) is 1. The molecule has 0 aromatic heterocycles. The first-order chi connectivity index (χ1) is 9.02. The summed E-state index contributed by atoms with van der Waals surface area (Å²) in [5.41, 5.74) is 2.88. The normalized spacial score (nSPS) is 16.9. The van der Waals surface area contributed by atoms with Crippen LogP contribution in [0.15, 0.2) is 40.9 Å². The quantitative estimate of drug-likeness (QED) is 0.853. The lowest BCUT2D eigenvalue weighted by Crippen LogP contribution is -2.28. The van der Waals surface area contributed by atoms with Gasteiger partial charge in [-0.15, -0.1) is 0 Å². The van der Waals surface area contributed by atoms with Crippen LogP contribution in [0.1, 0.15) is 32.4 Å². The zero-order valence-electron chi connectivity index (χ0n) is 13.3. The van der Waals surface area contributed by atoms with Crippen LogP contribution >= 0.6 is 0 Å². The molecule has 2 atom stereocenters. The molecule has 1 rings (SSSR count). The van der Waals surface area contributed by atoms with Crippen LogP contribution in [-0.2, 0) is 10.8 Å². The van der Waals surface area contributed by atoms with E-state index in [4.69, 9.17) is 0 Å². The first-order valence-corrected chi connectivity index (χ1v) is 11.6. The molecule has 0 aliphatic heterocycles. The summed E-state index contributed by atoms with van der Waals surface area (Å²) in [5.74, 6) is 0. The lowest BCUT2D eigenvalue weighted by molar-refractivity contribution is 0.224. The lowest BCUT2D eigenvalue weighted by Gasteiger charge is -2.26. The molecule has 20 heavy (non-hydrogen) atoms. The molecule has 0 radical (unpaired) electrons. The third kappa shape index (κ3) is 5.00. The van der Waals surface area contributed by atoms with Crippen molar-refractivity contribution >= 4 is 18.9 Å². The predicted octanol–water partition coefficient (Wildman–Crippen LogP) is 4.03. The van der Waals surface area contributed by atoms with E-state index in [2.05, 4.69) is 25.3 Å². The van der Waals surface area contributed by atoms with Crippen LogP contribution in [-0.4, -0.2) is 22.1 Å². The van der Waals surface area contributed by atoms with Crippen molar-refractivity contribution in [1.29, 1.82) is 0 Å². The van der Waals surface area contributed by atoms with Crippen LogP contribution in [0.25, 0.3) is 0 Å². The first-order valence-electron chi connectivity index (χ1n) is 6.90. The summed E-state index contributed by atoms with van der Waals surface area (Å²) in [6.45, 7) is 12.4. The fourth-order valence-corrected chi connectivity index (χ4v) is 5.36.